The molecule has 1 aromatic heterocycles. The van der Waals surface area contributed by atoms with Gasteiger partial charge >= 0.3 is 5.63 Å². The second kappa shape index (κ2) is 9.36. The molecule has 0 aliphatic heterocycles. The molecule has 2 N–H and O–H groups in total. The monoisotopic (exact) mass is 454 g/mol. The summed E-state index contributed by atoms with van der Waals surface area (Å²) in [6, 6.07) is 14.2. The quantitative estimate of drug-likeness (QED) is 0.458. The van der Waals surface area contributed by atoms with E-state index in [4.69, 9.17) is 4.42 Å². The highest BCUT2D eigenvalue weighted by Gasteiger charge is 2.24. The predicted molar refractivity (Wildman–Crippen MR) is 129 cm³/mol. The molecule has 0 spiro atoms. The van der Waals surface area contributed by atoms with Gasteiger partial charge in [-0.3, -0.25) is 4.72 Å². The number of fused-ring (bicyclic) bond motifs is 1. The zero-order chi connectivity index (χ0) is 22.7. The van der Waals surface area contributed by atoms with E-state index in [2.05, 4.69) is 23.9 Å². The first-order valence-electron chi connectivity index (χ1n) is 11.3. The van der Waals surface area contributed by atoms with Crippen LogP contribution in [0.1, 0.15) is 51.5 Å². The molecule has 0 amide bonds. The van der Waals surface area contributed by atoms with Crippen molar-refractivity contribution < 1.29 is 12.8 Å². The summed E-state index contributed by atoms with van der Waals surface area (Å²) >= 11 is 0. The lowest BCUT2D eigenvalue weighted by Crippen LogP contribution is -2.26. The molecule has 0 atom stereocenters. The molecule has 4 rings (SSSR count). The smallest absolute Gasteiger partial charge is 0.363 e. The minimum absolute atomic E-state index is 0.0690. The van der Waals surface area contributed by atoms with E-state index >= 15 is 0 Å². The Hall–Kier alpha value is -2.80. The van der Waals surface area contributed by atoms with Crippen LogP contribution in [0.5, 0.6) is 0 Å². The van der Waals surface area contributed by atoms with E-state index in [0.717, 1.165) is 37.7 Å². The molecule has 0 bridgehead atoms. The van der Waals surface area contributed by atoms with Crippen molar-refractivity contribution in [2.45, 2.75) is 63.3 Å². The van der Waals surface area contributed by atoms with Crippen LogP contribution in [0.25, 0.3) is 11.0 Å². The summed E-state index contributed by atoms with van der Waals surface area (Å²) in [5.41, 5.74) is 1.21. The zero-order valence-corrected chi connectivity index (χ0v) is 19.4. The second-order valence-corrected chi connectivity index (χ2v) is 10.6. The molecular weight excluding hydrogens is 424 g/mol. The van der Waals surface area contributed by atoms with Gasteiger partial charge in [-0.05, 0) is 55.0 Å². The van der Waals surface area contributed by atoms with Crippen LogP contribution in [-0.4, -0.2) is 14.5 Å². The largest absolute Gasteiger partial charge is 0.421 e. The number of anilines is 2. The average molecular weight is 455 g/mol. The van der Waals surface area contributed by atoms with E-state index in [-0.39, 0.29) is 16.6 Å². The minimum Gasteiger partial charge on any atom is -0.421 e. The molecule has 0 unspecified atom stereocenters. The van der Waals surface area contributed by atoms with Gasteiger partial charge in [0.2, 0.25) is 0 Å². The average Bonchev–Trinajstić information content (AvgIpc) is 2.77. The number of rotatable bonds is 7. The summed E-state index contributed by atoms with van der Waals surface area (Å²) in [6.07, 6.45) is 6.26. The Bertz CT molecular complexity index is 1240. The molecule has 0 saturated heterocycles. The van der Waals surface area contributed by atoms with Gasteiger partial charge in [0, 0.05) is 11.4 Å². The van der Waals surface area contributed by atoms with E-state index in [1.807, 2.05) is 24.3 Å². The lowest BCUT2D eigenvalue weighted by Gasteiger charge is -2.25. The lowest BCUT2D eigenvalue weighted by atomic mass is 9.95. The molecule has 32 heavy (non-hydrogen) atoms. The van der Waals surface area contributed by atoms with Gasteiger partial charge in [0.05, 0.1) is 10.6 Å². The van der Waals surface area contributed by atoms with Gasteiger partial charge in [-0.2, -0.15) is 0 Å². The molecule has 1 aliphatic carbocycles. The molecule has 7 heteroatoms. The maximum Gasteiger partial charge on any atom is 0.363 e. The highest BCUT2D eigenvalue weighted by molar-refractivity contribution is 7.92. The third-order valence-electron chi connectivity index (χ3n) is 5.88. The van der Waals surface area contributed by atoms with E-state index in [9.17, 15) is 13.2 Å². The van der Waals surface area contributed by atoms with Crippen LogP contribution in [0, 0.1) is 5.92 Å². The van der Waals surface area contributed by atoms with Crippen LogP contribution < -0.4 is 15.7 Å². The van der Waals surface area contributed by atoms with Gasteiger partial charge in [-0.1, -0.05) is 57.4 Å². The highest BCUT2D eigenvalue weighted by atomic mass is 32.2. The van der Waals surface area contributed by atoms with E-state index in [0.29, 0.717) is 22.6 Å². The Morgan fingerprint density at radius 3 is 2.34 bits per heavy atom. The summed E-state index contributed by atoms with van der Waals surface area (Å²) in [5, 5.41) is 4.13. The Morgan fingerprint density at radius 1 is 0.969 bits per heavy atom. The molecule has 6 nitrogen and oxygen atoms in total. The summed E-state index contributed by atoms with van der Waals surface area (Å²) in [4.78, 5) is 13.0. The van der Waals surface area contributed by atoms with Crippen LogP contribution >= 0.6 is 0 Å². The molecule has 1 fully saturated rings. The van der Waals surface area contributed by atoms with E-state index in [1.165, 1.54) is 6.42 Å². The van der Waals surface area contributed by atoms with Crippen molar-refractivity contribution in [3.63, 3.8) is 0 Å². The number of benzene rings is 2. The summed E-state index contributed by atoms with van der Waals surface area (Å²) in [5.74, 6) is 0.478. The molecule has 3 aromatic rings. The molecule has 170 valence electrons. The molecule has 1 heterocycles. The van der Waals surface area contributed by atoms with Crippen molar-refractivity contribution in [1.29, 1.82) is 0 Å². The highest BCUT2D eigenvalue weighted by Crippen LogP contribution is 2.33. The van der Waals surface area contributed by atoms with Crippen molar-refractivity contribution in [2.75, 3.05) is 10.0 Å². The van der Waals surface area contributed by atoms with Gasteiger partial charge in [-0.15, -0.1) is 0 Å². The van der Waals surface area contributed by atoms with Crippen LogP contribution in [0.2, 0.25) is 0 Å². The maximum atomic E-state index is 13.1. The predicted octanol–water partition coefficient (Wildman–Crippen LogP) is 5.54. The van der Waals surface area contributed by atoms with Crippen LogP contribution in [0.15, 0.2) is 62.6 Å². The van der Waals surface area contributed by atoms with Crippen molar-refractivity contribution >= 4 is 32.4 Å². The fourth-order valence-corrected chi connectivity index (χ4v) is 5.38. The molecule has 1 saturated carbocycles. The Labute approximate surface area is 189 Å². The molecule has 1 aliphatic rings. The first-order chi connectivity index (χ1) is 15.3. The number of nitrogens with one attached hydrogen (secondary N) is 2. The van der Waals surface area contributed by atoms with Crippen LogP contribution in [-0.2, 0) is 16.4 Å². The Morgan fingerprint density at radius 2 is 1.66 bits per heavy atom. The molecule has 2 aromatic carbocycles. The second-order valence-electron chi connectivity index (χ2n) is 8.96. The maximum absolute atomic E-state index is 13.1. The van der Waals surface area contributed by atoms with Gasteiger partial charge in [-0.25, -0.2) is 13.2 Å². The normalized spacial score (nSPS) is 15.2. The van der Waals surface area contributed by atoms with Crippen molar-refractivity contribution in [3.8, 4) is 0 Å². The van der Waals surface area contributed by atoms with Crippen molar-refractivity contribution in [2.24, 2.45) is 5.92 Å². The van der Waals surface area contributed by atoms with Gasteiger partial charge in [0.1, 0.15) is 5.58 Å². The number of para-hydroxylation sites is 1. The molecular formula is C25H30N2O4S. The lowest BCUT2D eigenvalue weighted by molar-refractivity contribution is 0.462. The van der Waals surface area contributed by atoms with Gasteiger partial charge in [0.25, 0.3) is 10.0 Å². The molecule has 0 radical (unpaired) electrons. The SMILES string of the molecule is CC(C)Cc1ccc(S(=O)(=O)Nc2c(NC3CCCCC3)c3ccccc3oc2=O)cc1. The first kappa shape index (κ1) is 22.4. The van der Waals surface area contributed by atoms with Gasteiger partial charge < -0.3 is 9.73 Å². The number of sulfonamides is 1. The zero-order valence-electron chi connectivity index (χ0n) is 18.6. The Kier molecular flexibility index (Phi) is 6.55. The third-order valence-corrected chi connectivity index (χ3v) is 7.25. The van der Waals surface area contributed by atoms with Crippen molar-refractivity contribution in [3.05, 3.63) is 64.5 Å². The Balaban J connectivity index is 1.72. The van der Waals surface area contributed by atoms with Crippen molar-refractivity contribution in [1.82, 2.24) is 0 Å². The summed E-state index contributed by atoms with van der Waals surface area (Å²) in [7, 11) is -3.96. The van der Waals surface area contributed by atoms with Crippen LogP contribution in [0.3, 0.4) is 0 Å². The van der Waals surface area contributed by atoms with E-state index in [1.54, 1.807) is 24.3 Å². The minimum atomic E-state index is -3.96. The topological polar surface area (TPSA) is 88.4 Å². The summed E-state index contributed by atoms with van der Waals surface area (Å²) in [6.45, 7) is 4.23. The standard InChI is InChI=1S/C25H30N2O4S/c1-17(2)16-18-12-14-20(15-13-18)32(29,30)27-24-23(26-19-8-4-3-5-9-19)21-10-6-7-11-22(21)31-25(24)28/h6-7,10-15,17,19,26-27H,3-5,8-9,16H2,1-2H3. The first-order valence-corrected chi connectivity index (χ1v) is 12.8. The van der Waals surface area contributed by atoms with Gasteiger partial charge in [0.15, 0.2) is 5.69 Å². The third kappa shape index (κ3) is 4.99. The number of hydrogen-bond acceptors (Lipinski definition) is 5. The van der Waals surface area contributed by atoms with E-state index < -0.39 is 15.6 Å². The fourth-order valence-electron chi connectivity index (χ4n) is 4.31. The summed E-state index contributed by atoms with van der Waals surface area (Å²) < 4.78 is 34.3. The van der Waals surface area contributed by atoms with Crippen LogP contribution in [0.4, 0.5) is 11.4 Å². The fraction of sp³-hybridized carbons (Fsp3) is 0.400. The number of hydrogen-bond donors (Lipinski definition) is 2.